The average molecular weight is 462 g/mol. The number of aliphatic carboxylic acids is 1. The predicted molar refractivity (Wildman–Crippen MR) is 124 cm³/mol. The van der Waals surface area contributed by atoms with Gasteiger partial charge in [-0.15, -0.1) is 0 Å². The van der Waals surface area contributed by atoms with Crippen LogP contribution in [-0.2, 0) is 17.8 Å². The van der Waals surface area contributed by atoms with Gasteiger partial charge in [0.1, 0.15) is 0 Å². The zero-order chi connectivity index (χ0) is 23.3. The Morgan fingerprint density at radius 2 is 1.94 bits per heavy atom. The maximum atomic E-state index is 11.5. The van der Waals surface area contributed by atoms with Crippen LogP contribution in [0, 0.1) is 0 Å². The Bertz CT molecular complexity index is 1070. The van der Waals surface area contributed by atoms with Crippen LogP contribution in [0.25, 0.3) is 10.9 Å². The second kappa shape index (κ2) is 10.5. The fourth-order valence-electron chi connectivity index (χ4n) is 3.82. The molecule has 3 rings (SSSR count). The van der Waals surface area contributed by atoms with Crippen LogP contribution < -0.4 is 20.1 Å². The van der Waals surface area contributed by atoms with Gasteiger partial charge in [0.2, 0.25) is 0 Å². The van der Waals surface area contributed by atoms with Crippen molar-refractivity contribution in [2.24, 2.45) is 0 Å². The second-order valence-electron chi connectivity index (χ2n) is 7.54. The zero-order valence-corrected chi connectivity index (χ0v) is 19.2. The number of benzene rings is 1. The maximum absolute atomic E-state index is 11.5. The van der Waals surface area contributed by atoms with Crippen molar-refractivity contribution >= 4 is 34.5 Å². The van der Waals surface area contributed by atoms with Crippen LogP contribution in [0.15, 0.2) is 41.1 Å². The fourth-order valence-corrected chi connectivity index (χ4v) is 4.10. The number of carboxylic acid groups (broad SMARTS) is 1. The van der Waals surface area contributed by atoms with Gasteiger partial charge in [-0.05, 0) is 42.5 Å². The van der Waals surface area contributed by atoms with E-state index in [0.717, 1.165) is 28.5 Å². The Morgan fingerprint density at radius 3 is 2.56 bits per heavy atom. The van der Waals surface area contributed by atoms with E-state index in [1.54, 1.807) is 21.3 Å². The molecule has 1 aliphatic rings. The number of carbonyl (C=O) groups is 2. The Labute approximate surface area is 191 Å². The van der Waals surface area contributed by atoms with Gasteiger partial charge in [-0.25, -0.2) is 4.79 Å². The van der Waals surface area contributed by atoms with Crippen molar-refractivity contribution < 1.29 is 24.2 Å². The molecule has 0 radical (unpaired) electrons. The van der Waals surface area contributed by atoms with Crippen molar-refractivity contribution in [2.45, 2.75) is 38.3 Å². The SMILES string of the molecule is CNC(=O)NC1CC=C(CCn2cc(CCC(=O)O)c3cc(OC)c(OC)cc32)C=C1Cl. The lowest BCUT2D eigenvalue weighted by atomic mass is 10.0. The summed E-state index contributed by atoms with van der Waals surface area (Å²) in [4.78, 5) is 22.7. The number of hydrogen-bond donors (Lipinski definition) is 3. The maximum Gasteiger partial charge on any atom is 0.315 e. The summed E-state index contributed by atoms with van der Waals surface area (Å²) in [6.07, 6.45) is 7.81. The molecule has 1 heterocycles. The summed E-state index contributed by atoms with van der Waals surface area (Å²) in [5.74, 6) is 0.388. The summed E-state index contributed by atoms with van der Waals surface area (Å²) < 4.78 is 13.0. The molecule has 1 unspecified atom stereocenters. The molecule has 3 N–H and O–H groups in total. The average Bonchev–Trinajstić information content (AvgIpc) is 3.13. The van der Waals surface area contributed by atoms with Crippen LogP contribution in [0.5, 0.6) is 11.5 Å². The van der Waals surface area contributed by atoms with E-state index in [0.29, 0.717) is 35.9 Å². The van der Waals surface area contributed by atoms with Gasteiger partial charge in [0.05, 0.1) is 25.8 Å². The molecule has 32 heavy (non-hydrogen) atoms. The molecule has 8 nitrogen and oxygen atoms in total. The number of hydrogen-bond acceptors (Lipinski definition) is 4. The van der Waals surface area contributed by atoms with Gasteiger partial charge in [-0.2, -0.15) is 0 Å². The number of nitrogens with zero attached hydrogens (tertiary/aromatic N) is 1. The number of halogens is 1. The third-order valence-electron chi connectivity index (χ3n) is 5.52. The highest BCUT2D eigenvalue weighted by atomic mass is 35.5. The molecule has 0 bridgehead atoms. The topological polar surface area (TPSA) is 102 Å². The highest BCUT2D eigenvalue weighted by Gasteiger charge is 2.19. The van der Waals surface area contributed by atoms with Gasteiger partial charge in [0, 0.05) is 42.7 Å². The van der Waals surface area contributed by atoms with Crippen LogP contribution in [0.4, 0.5) is 4.79 Å². The first-order valence-electron chi connectivity index (χ1n) is 10.4. The molecule has 2 aromatic rings. The number of carboxylic acids is 1. The highest BCUT2D eigenvalue weighted by Crippen LogP contribution is 2.35. The van der Waals surface area contributed by atoms with E-state index in [1.165, 1.54) is 0 Å². The van der Waals surface area contributed by atoms with E-state index in [4.69, 9.17) is 26.2 Å². The van der Waals surface area contributed by atoms with Crippen molar-refractivity contribution in [3.05, 3.63) is 46.7 Å². The van der Waals surface area contributed by atoms with Crippen molar-refractivity contribution in [3.63, 3.8) is 0 Å². The Hall–Kier alpha value is -3.13. The number of ether oxygens (including phenoxy) is 2. The number of urea groups is 1. The van der Waals surface area contributed by atoms with Crippen molar-refractivity contribution in [1.82, 2.24) is 15.2 Å². The molecule has 1 aromatic heterocycles. The fraction of sp³-hybridized carbons (Fsp3) is 0.391. The van der Waals surface area contributed by atoms with Crippen LogP contribution >= 0.6 is 11.6 Å². The number of amides is 2. The highest BCUT2D eigenvalue weighted by molar-refractivity contribution is 6.30. The number of aryl methyl sites for hydroxylation is 2. The Balaban J connectivity index is 1.82. The summed E-state index contributed by atoms with van der Waals surface area (Å²) in [7, 11) is 4.73. The molecule has 0 spiro atoms. The summed E-state index contributed by atoms with van der Waals surface area (Å²) in [5.41, 5.74) is 2.98. The molecule has 172 valence electrons. The lowest BCUT2D eigenvalue weighted by Gasteiger charge is -2.21. The van der Waals surface area contributed by atoms with E-state index in [1.807, 2.05) is 24.4 Å². The van der Waals surface area contributed by atoms with Crippen LogP contribution in [-0.4, -0.2) is 49.0 Å². The lowest BCUT2D eigenvalue weighted by molar-refractivity contribution is -0.136. The number of carbonyl (C=O) groups excluding carboxylic acids is 1. The first-order chi connectivity index (χ1) is 15.4. The van der Waals surface area contributed by atoms with Gasteiger partial charge in [0.25, 0.3) is 0 Å². The minimum atomic E-state index is -0.835. The molecule has 0 saturated heterocycles. The normalized spacial score (nSPS) is 15.7. The molecular weight excluding hydrogens is 434 g/mol. The summed E-state index contributed by atoms with van der Waals surface area (Å²) in [6, 6.07) is 3.32. The Kier molecular flexibility index (Phi) is 7.69. The number of allylic oxidation sites excluding steroid dienone is 2. The number of aromatic nitrogens is 1. The lowest BCUT2D eigenvalue weighted by Crippen LogP contribution is -2.41. The Morgan fingerprint density at radius 1 is 1.22 bits per heavy atom. The van der Waals surface area contributed by atoms with E-state index < -0.39 is 5.97 Å². The van der Waals surface area contributed by atoms with E-state index >= 15 is 0 Å². The molecule has 0 aliphatic heterocycles. The number of fused-ring (bicyclic) bond motifs is 1. The molecule has 2 amide bonds. The number of nitrogens with one attached hydrogen (secondary N) is 2. The minimum absolute atomic E-state index is 0.0523. The van der Waals surface area contributed by atoms with Crippen molar-refractivity contribution in [1.29, 1.82) is 0 Å². The molecule has 1 atom stereocenters. The van der Waals surface area contributed by atoms with Crippen molar-refractivity contribution in [2.75, 3.05) is 21.3 Å². The first kappa shape index (κ1) is 23.5. The molecule has 1 aromatic carbocycles. The van der Waals surface area contributed by atoms with E-state index in [2.05, 4.69) is 21.3 Å². The third-order valence-corrected chi connectivity index (χ3v) is 5.90. The smallest absolute Gasteiger partial charge is 0.315 e. The van der Waals surface area contributed by atoms with Gasteiger partial charge in [0.15, 0.2) is 11.5 Å². The third kappa shape index (κ3) is 5.37. The molecule has 1 aliphatic carbocycles. The molecule has 0 saturated carbocycles. The largest absolute Gasteiger partial charge is 0.493 e. The van der Waals surface area contributed by atoms with Crippen LogP contribution in [0.3, 0.4) is 0 Å². The molecule has 9 heteroatoms. The quantitative estimate of drug-likeness (QED) is 0.527. The van der Waals surface area contributed by atoms with Crippen LogP contribution in [0.2, 0.25) is 0 Å². The summed E-state index contributed by atoms with van der Waals surface area (Å²) >= 11 is 6.39. The van der Waals surface area contributed by atoms with Gasteiger partial charge in [-0.1, -0.05) is 17.7 Å². The van der Waals surface area contributed by atoms with E-state index in [-0.39, 0.29) is 18.5 Å². The standard InChI is InChI=1S/C23H28ClN3O5/c1-25-23(30)26-18-6-4-14(10-17(18)24)8-9-27-13-15(5-7-22(28)29)16-11-20(31-2)21(32-3)12-19(16)27/h4,10-13,18H,5-9H2,1-3H3,(H,28,29)(H2,25,26,30). The predicted octanol–water partition coefficient (Wildman–Crippen LogP) is 3.82. The van der Waals surface area contributed by atoms with Crippen molar-refractivity contribution in [3.8, 4) is 11.5 Å². The van der Waals surface area contributed by atoms with E-state index in [9.17, 15) is 9.59 Å². The summed E-state index contributed by atoms with van der Waals surface area (Å²) in [6.45, 7) is 0.680. The van der Waals surface area contributed by atoms with Gasteiger partial charge in [-0.3, -0.25) is 4.79 Å². The van der Waals surface area contributed by atoms with Crippen LogP contribution in [0.1, 0.15) is 24.8 Å². The first-order valence-corrected chi connectivity index (χ1v) is 10.7. The summed E-state index contributed by atoms with van der Waals surface area (Å²) in [5, 5.41) is 16.0. The number of methoxy groups -OCH3 is 2. The second-order valence-corrected chi connectivity index (χ2v) is 7.97. The minimum Gasteiger partial charge on any atom is -0.493 e. The molecular formula is C23H28ClN3O5. The zero-order valence-electron chi connectivity index (χ0n) is 18.4. The number of rotatable bonds is 9. The van der Waals surface area contributed by atoms with Gasteiger partial charge >= 0.3 is 12.0 Å². The monoisotopic (exact) mass is 461 g/mol. The van der Waals surface area contributed by atoms with Gasteiger partial charge < -0.3 is 29.8 Å². The molecule has 0 fully saturated rings.